The number of amides is 1. The Bertz CT molecular complexity index is 894. The molecule has 132 valence electrons. The molecule has 0 unspecified atom stereocenters. The van der Waals surface area contributed by atoms with Crippen molar-refractivity contribution in [1.29, 1.82) is 0 Å². The number of carbonyl (C=O) groups is 1. The number of nitrogens with one attached hydrogen (secondary N) is 2. The summed E-state index contributed by atoms with van der Waals surface area (Å²) in [6.45, 7) is 2.38. The van der Waals surface area contributed by atoms with Crippen LogP contribution in [0.3, 0.4) is 0 Å². The lowest BCUT2D eigenvalue weighted by molar-refractivity contribution is 0.0945. The average molecular weight is 348 g/mol. The molecule has 1 amide bonds. The van der Waals surface area contributed by atoms with Gasteiger partial charge in [0, 0.05) is 23.9 Å². The van der Waals surface area contributed by atoms with E-state index < -0.39 is 0 Å². The van der Waals surface area contributed by atoms with Crippen LogP contribution >= 0.6 is 0 Å². The van der Waals surface area contributed by atoms with Gasteiger partial charge in [-0.15, -0.1) is 0 Å². The number of methoxy groups -OCH3 is 1. The fraction of sp³-hybridized carbons (Fsp3) is 0.150. The van der Waals surface area contributed by atoms with Gasteiger partial charge in [-0.3, -0.25) is 4.79 Å². The Labute approximate surface area is 152 Å². The summed E-state index contributed by atoms with van der Waals surface area (Å²) in [5.41, 5.74) is 3.27. The highest BCUT2D eigenvalue weighted by molar-refractivity contribution is 5.92. The molecule has 6 heteroatoms. The molecule has 0 saturated carbocycles. The molecule has 0 aliphatic carbocycles. The summed E-state index contributed by atoms with van der Waals surface area (Å²) in [5.74, 6) is 1.02. The SMILES string of the molecule is COc1ccccc1CNC(=O)c1cc(Nc2ccc(C)cc2)ncn1. The number of hydrogen-bond acceptors (Lipinski definition) is 5. The van der Waals surface area contributed by atoms with E-state index in [9.17, 15) is 4.79 Å². The van der Waals surface area contributed by atoms with E-state index in [1.165, 1.54) is 11.9 Å². The molecule has 2 N–H and O–H groups in total. The van der Waals surface area contributed by atoms with Crippen molar-refractivity contribution in [3.8, 4) is 5.75 Å². The zero-order valence-electron chi connectivity index (χ0n) is 14.7. The number of ether oxygens (including phenoxy) is 1. The van der Waals surface area contributed by atoms with Crippen molar-refractivity contribution < 1.29 is 9.53 Å². The summed E-state index contributed by atoms with van der Waals surface area (Å²) in [7, 11) is 1.61. The molecule has 0 saturated heterocycles. The van der Waals surface area contributed by atoms with Crippen molar-refractivity contribution in [2.45, 2.75) is 13.5 Å². The summed E-state index contributed by atoms with van der Waals surface area (Å²) in [4.78, 5) is 20.6. The standard InChI is InChI=1S/C20H20N4O2/c1-14-7-9-16(10-8-14)24-19-11-17(22-13-23-19)20(25)21-12-15-5-3-4-6-18(15)26-2/h3-11,13H,12H2,1-2H3,(H,21,25)(H,22,23,24). The summed E-state index contributed by atoms with van der Waals surface area (Å²) in [6, 6.07) is 17.1. The first-order valence-electron chi connectivity index (χ1n) is 8.21. The molecule has 3 rings (SSSR count). The molecule has 0 bridgehead atoms. The maximum atomic E-state index is 12.4. The third-order valence-corrected chi connectivity index (χ3v) is 3.86. The first kappa shape index (κ1) is 17.4. The van der Waals surface area contributed by atoms with Gasteiger partial charge in [0.15, 0.2) is 0 Å². The van der Waals surface area contributed by atoms with Crippen molar-refractivity contribution in [2.75, 3.05) is 12.4 Å². The minimum absolute atomic E-state index is 0.273. The topological polar surface area (TPSA) is 76.1 Å². The normalized spacial score (nSPS) is 10.2. The third-order valence-electron chi connectivity index (χ3n) is 3.86. The largest absolute Gasteiger partial charge is 0.496 e. The number of carbonyl (C=O) groups excluding carboxylic acids is 1. The van der Waals surface area contributed by atoms with Crippen LogP contribution in [0.5, 0.6) is 5.75 Å². The molecule has 3 aromatic rings. The second kappa shape index (κ2) is 8.11. The summed E-state index contributed by atoms with van der Waals surface area (Å²) in [5, 5.41) is 6.02. The fourth-order valence-corrected chi connectivity index (χ4v) is 2.45. The van der Waals surface area contributed by atoms with Crippen molar-refractivity contribution >= 4 is 17.4 Å². The molecule has 1 heterocycles. The predicted molar refractivity (Wildman–Crippen MR) is 101 cm³/mol. The van der Waals surface area contributed by atoms with Crippen molar-refractivity contribution in [1.82, 2.24) is 15.3 Å². The molecule has 2 aromatic carbocycles. The Morgan fingerprint density at radius 2 is 1.85 bits per heavy atom. The molecule has 0 atom stereocenters. The van der Waals surface area contributed by atoms with Crippen molar-refractivity contribution in [3.63, 3.8) is 0 Å². The van der Waals surface area contributed by atoms with E-state index in [0.717, 1.165) is 17.0 Å². The zero-order valence-corrected chi connectivity index (χ0v) is 14.7. The minimum Gasteiger partial charge on any atom is -0.496 e. The summed E-state index contributed by atoms with van der Waals surface area (Å²) in [6.07, 6.45) is 1.37. The number of anilines is 2. The molecule has 0 aliphatic rings. The highest BCUT2D eigenvalue weighted by atomic mass is 16.5. The van der Waals surface area contributed by atoms with Crippen LogP contribution in [0.15, 0.2) is 60.9 Å². The van der Waals surface area contributed by atoms with E-state index >= 15 is 0 Å². The maximum absolute atomic E-state index is 12.4. The van der Waals surface area contributed by atoms with Gasteiger partial charge >= 0.3 is 0 Å². The molecule has 0 spiro atoms. The van der Waals surface area contributed by atoms with Crippen LogP contribution in [-0.2, 0) is 6.54 Å². The number of para-hydroxylation sites is 1. The first-order valence-corrected chi connectivity index (χ1v) is 8.21. The van der Waals surface area contributed by atoms with Gasteiger partial charge in [0.05, 0.1) is 7.11 Å². The smallest absolute Gasteiger partial charge is 0.270 e. The van der Waals surface area contributed by atoms with E-state index in [1.807, 2.05) is 55.5 Å². The molecular formula is C20H20N4O2. The van der Waals surface area contributed by atoms with Crippen LogP contribution in [0.25, 0.3) is 0 Å². The van der Waals surface area contributed by atoms with Crippen LogP contribution in [-0.4, -0.2) is 23.0 Å². The Kier molecular flexibility index (Phi) is 5.43. The quantitative estimate of drug-likeness (QED) is 0.713. The molecule has 0 fully saturated rings. The van der Waals surface area contributed by atoms with Gasteiger partial charge in [0.2, 0.25) is 0 Å². The Morgan fingerprint density at radius 3 is 2.62 bits per heavy atom. The van der Waals surface area contributed by atoms with Gasteiger partial charge < -0.3 is 15.4 Å². The number of benzene rings is 2. The Hall–Kier alpha value is -3.41. The minimum atomic E-state index is -0.273. The molecule has 26 heavy (non-hydrogen) atoms. The lowest BCUT2D eigenvalue weighted by Crippen LogP contribution is -2.24. The summed E-state index contributed by atoms with van der Waals surface area (Å²) < 4.78 is 5.29. The second-order valence-electron chi connectivity index (χ2n) is 5.77. The first-order chi connectivity index (χ1) is 12.7. The van der Waals surface area contributed by atoms with Crippen molar-refractivity contribution in [2.24, 2.45) is 0 Å². The zero-order chi connectivity index (χ0) is 18.4. The second-order valence-corrected chi connectivity index (χ2v) is 5.77. The van der Waals surface area contributed by atoms with Crippen LogP contribution < -0.4 is 15.4 Å². The van der Waals surface area contributed by atoms with Crippen LogP contribution in [0.4, 0.5) is 11.5 Å². The van der Waals surface area contributed by atoms with E-state index in [2.05, 4.69) is 20.6 Å². The van der Waals surface area contributed by atoms with Gasteiger partial charge in [-0.25, -0.2) is 9.97 Å². The van der Waals surface area contributed by atoms with E-state index in [1.54, 1.807) is 13.2 Å². The molecule has 0 radical (unpaired) electrons. The fourth-order valence-electron chi connectivity index (χ4n) is 2.45. The molecule has 0 aliphatic heterocycles. The van der Waals surface area contributed by atoms with Crippen molar-refractivity contribution in [3.05, 3.63) is 77.7 Å². The van der Waals surface area contributed by atoms with Gasteiger partial charge in [-0.1, -0.05) is 35.9 Å². The Balaban J connectivity index is 1.67. The number of nitrogens with zero attached hydrogens (tertiary/aromatic N) is 2. The molecular weight excluding hydrogens is 328 g/mol. The summed E-state index contributed by atoms with van der Waals surface area (Å²) >= 11 is 0. The Morgan fingerprint density at radius 1 is 1.08 bits per heavy atom. The van der Waals surface area contributed by atoms with E-state index in [0.29, 0.717) is 18.1 Å². The molecule has 6 nitrogen and oxygen atoms in total. The third kappa shape index (κ3) is 4.36. The van der Waals surface area contributed by atoms with Gasteiger partial charge in [0.25, 0.3) is 5.91 Å². The van der Waals surface area contributed by atoms with Gasteiger partial charge in [-0.2, -0.15) is 0 Å². The highest BCUT2D eigenvalue weighted by Gasteiger charge is 2.10. The average Bonchev–Trinajstić information content (AvgIpc) is 2.68. The number of aromatic nitrogens is 2. The predicted octanol–water partition coefficient (Wildman–Crippen LogP) is 3.47. The van der Waals surface area contributed by atoms with E-state index in [4.69, 9.17) is 4.74 Å². The number of hydrogen-bond donors (Lipinski definition) is 2. The van der Waals surface area contributed by atoms with Gasteiger partial charge in [0.1, 0.15) is 23.6 Å². The lowest BCUT2D eigenvalue weighted by atomic mass is 10.2. The van der Waals surface area contributed by atoms with E-state index in [-0.39, 0.29) is 5.91 Å². The van der Waals surface area contributed by atoms with Crippen LogP contribution in [0.2, 0.25) is 0 Å². The van der Waals surface area contributed by atoms with Crippen LogP contribution in [0.1, 0.15) is 21.6 Å². The van der Waals surface area contributed by atoms with Crippen LogP contribution in [0, 0.1) is 6.92 Å². The molecule has 1 aromatic heterocycles. The highest BCUT2D eigenvalue weighted by Crippen LogP contribution is 2.17. The maximum Gasteiger partial charge on any atom is 0.270 e. The van der Waals surface area contributed by atoms with Gasteiger partial charge in [-0.05, 0) is 25.1 Å². The lowest BCUT2D eigenvalue weighted by Gasteiger charge is -2.10. The number of aryl methyl sites for hydroxylation is 1. The number of rotatable bonds is 6. The monoisotopic (exact) mass is 348 g/mol.